The molecule has 0 bridgehead atoms. The molecule has 1 N–H and O–H groups in total. The van der Waals surface area contributed by atoms with E-state index in [4.69, 9.17) is 4.74 Å². The Morgan fingerprint density at radius 3 is 2.76 bits per heavy atom. The van der Waals surface area contributed by atoms with Gasteiger partial charge in [-0.1, -0.05) is 48.5 Å². The first-order chi connectivity index (χ1) is 16.0. The van der Waals surface area contributed by atoms with E-state index in [0.29, 0.717) is 39.1 Å². The fourth-order valence-electron chi connectivity index (χ4n) is 4.56. The van der Waals surface area contributed by atoms with E-state index >= 15 is 0 Å². The highest BCUT2D eigenvalue weighted by Gasteiger charge is 2.33. The van der Waals surface area contributed by atoms with E-state index in [-0.39, 0.29) is 24.3 Å². The number of amides is 3. The van der Waals surface area contributed by atoms with Crippen LogP contribution in [0.2, 0.25) is 0 Å². The van der Waals surface area contributed by atoms with Crippen LogP contribution in [0.25, 0.3) is 11.1 Å². The predicted octanol–water partition coefficient (Wildman–Crippen LogP) is 2.17. The molecule has 0 radical (unpaired) electrons. The van der Waals surface area contributed by atoms with E-state index < -0.39 is 6.04 Å². The zero-order valence-electron chi connectivity index (χ0n) is 19.1. The Morgan fingerprint density at radius 1 is 1.12 bits per heavy atom. The second-order valence-corrected chi connectivity index (χ2v) is 8.65. The van der Waals surface area contributed by atoms with Crippen LogP contribution in [0.5, 0.6) is 0 Å². The van der Waals surface area contributed by atoms with Crippen molar-refractivity contribution < 1.29 is 19.1 Å². The van der Waals surface area contributed by atoms with Crippen LogP contribution in [0.15, 0.2) is 48.5 Å². The molecule has 2 aliphatic heterocycles. The van der Waals surface area contributed by atoms with E-state index in [1.807, 2.05) is 24.3 Å². The summed E-state index contributed by atoms with van der Waals surface area (Å²) in [7, 11) is 0. The van der Waals surface area contributed by atoms with Crippen molar-refractivity contribution in [1.29, 1.82) is 0 Å². The van der Waals surface area contributed by atoms with Crippen LogP contribution in [0.4, 0.5) is 0 Å². The highest BCUT2D eigenvalue weighted by atomic mass is 16.5. The van der Waals surface area contributed by atoms with E-state index in [2.05, 4.69) is 36.5 Å². The summed E-state index contributed by atoms with van der Waals surface area (Å²) in [5.74, 6) is -0.193. The summed E-state index contributed by atoms with van der Waals surface area (Å²) >= 11 is 0. The molecule has 2 fully saturated rings. The van der Waals surface area contributed by atoms with E-state index in [0.717, 1.165) is 29.7 Å². The summed E-state index contributed by atoms with van der Waals surface area (Å²) in [6, 6.07) is 15.8. The molecule has 2 aliphatic rings. The van der Waals surface area contributed by atoms with Crippen molar-refractivity contribution in [1.82, 2.24) is 15.1 Å². The standard InChI is InChI=1S/C26H31N3O4/c1-19-6-2-3-9-22(19)21-8-4-7-20(16-21)17-23-26(32)27-11-13-29(23)25(31)18-33-15-14-28-12-5-10-24(28)30/h2-4,6-9,16,23H,5,10-15,17-18H2,1H3,(H,27,32). The van der Waals surface area contributed by atoms with Crippen molar-refractivity contribution in [3.63, 3.8) is 0 Å². The minimum atomic E-state index is -0.567. The molecule has 2 saturated heterocycles. The number of aryl methyl sites for hydroxylation is 1. The fourth-order valence-corrected chi connectivity index (χ4v) is 4.56. The summed E-state index contributed by atoms with van der Waals surface area (Å²) < 4.78 is 5.57. The molecule has 4 rings (SSSR count). The maximum absolute atomic E-state index is 12.9. The molecule has 3 amide bonds. The van der Waals surface area contributed by atoms with Crippen LogP contribution in [-0.2, 0) is 25.5 Å². The van der Waals surface area contributed by atoms with Gasteiger partial charge in [-0.3, -0.25) is 14.4 Å². The van der Waals surface area contributed by atoms with Crippen LogP contribution in [0, 0.1) is 6.92 Å². The van der Waals surface area contributed by atoms with Gasteiger partial charge in [0.15, 0.2) is 0 Å². The summed E-state index contributed by atoms with van der Waals surface area (Å²) in [6.07, 6.45) is 1.92. The molecule has 0 spiro atoms. The van der Waals surface area contributed by atoms with Gasteiger partial charge in [0.1, 0.15) is 12.6 Å². The first-order valence-electron chi connectivity index (χ1n) is 11.6. The van der Waals surface area contributed by atoms with Crippen LogP contribution in [0.1, 0.15) is 24.0 Å². The third-order valence-electron chi connectivity index (χ3n) is 6.37. The summed E-state index contributed by atoms with van der Waals surface area (Å²) in [4.78, 5) is 40.6. The average molecular weight is 450 g/mol. The van der Waals surface area contributed by atoms with Crippen molar-refractivity contribution in [2.24, 2.45) is 0 Å². The molecule has 174 valence electrons. The lowest BCUT2D eigenvalue weighted by molar-refractivity contribution is -0.146. The SMILES string of the molecule is Cc1ccccc1-c1cccc(CC2C(=O)NCCN2C(=O)COCCN2CCCC2=O)c1. The third-order valence-corrected chi connectivity index (χ3v) is 6.37. The highest BCUT2D eigenvalue weighted by Crippen LogP contribution is 2.25. The van der Waals surface area contributed by atoms with Crippen molar-refractivity contribution >= 4 is 17.7 Å². The Labute approximate surface area is 194 Å². The Bertz CT molecular complexity index is 1020. The number of likely N-dealkylation sites (tertiary alicyclic amines) is 1. The van der Waals surface area contributed by atoms with Gasteiger partial charge in [-0.05, 0) is 35.6 Å². The minimum absolute atomic E-state index is 0.0882. The molecular weight excluding hydrogens is 418 g/mol. The second kappa shape index (κ2) is 10.6. The van der Waals surface area contributed by atoms with E-state index in [1.165, 1.54) is 5.56 Å². The number of nitrogens with zero attached hydrogens (tertiary/aromatic N) is 2. The highest BCUT2D eigenvalue weighted by molar-refractivity contribution is 5.89. The Kier molecular flexibility index (Phi) is 7.40. The molecule has 2 aromatic carbocycles. The van der Waals surface area contributed by atoms with Crippen LogP contribution < -0.4 is 5.32 Å². The quantitative estimate of drug-likeness (QED) is 0.627. The number of ether oxygens (including phenoxy) is 1. The molecule has 1 atom stereocenters. The predicted molar refractivity (Wildman–Crippen MR) is 125 cm³/mol. The Balaban J connectivity index is 1.38. The van der Waals surface area contributed by atoms with Gasteiger partial charge < -0.3 is 19.9 Å². The lowest BCUT2D eigenvalue weighted by Gasteiger charge is -2.35. The summed E-state index contributed by atoms with van der Waals surface area (Å²) in [5.41, 5.74) is 4.45. The molecule has 0 saturated carbocycles. The number of nitrogens with one attached hydrogen (secondary N) is 1. The molecular formula is C26H31N3O4. The van der Waals surface area contributed by atoms with Gasteiger partial charge in [0.2, 0.25) is 17.7 Å². The monoisotopic (exact) mass is 449 g/mol. The molecule has 1 unspecified atom stereocenters. The van der Waals surface area contributed by atoms with Gasteiger partial charge in [0.05, 0.1) is 6.61 Å². The number of hydrogen-bond donors (Lipinski definition) is 1. The van der Waals surface area contributed by atoms with Crippen molar-refractivity contribution in [2.75, 3.05) is 39.4 Å². The molecule has 33 heavy (non-hydrogen) atoms. The van der Waals surface area contributed by atoms with Crippen molar-refractivity contribution in [3.8, 4) is 11.1 Å². The lowest BCUT2D eigenvalue weighted by Crippen LogP contribution is -2.58. The Morgan fingerprint density at radius 2 is 1.97 bits per heavy atom. The third kappa shape index (κ3) is 5.60. The second-order valence-electron chi connectivity index (χ2n) is 8.65. The maximum Gasteiger partial charge on any atom is 0.249 e. The first kappa shape index (κ1) is 23.0. The fraction of sp³-hybridized carbons (Fsp3) is 0.423. The lowest BCUT2D eigenvalue weighted by atomic mass is 9.95. The van der Waals surface area contributed by atoms with Crippen molar-refractivity contribution in [3.05, 3.63) is 59.7 Å². The smallest absolute Gasteiger partial charge is 0.249 e. The van der Waals surface area contributed by atoms with Gasteiger partial charge in [-0.25, -0.2) is 0 Å². The van der Waals surface area contributed by atoms with Gasteiger partial charge in [0.25, 0.3) is 0 Å². The van der Waals surface area contributed by atoms with Gasteiger partial charge in [0, 0.05) is 39.0 Å². The molecule has 2 aromatic rings. The number of carbonyl (C=O) groups is 3. The van der Waals surface area contributed by atoms with Crippen LogP contribution in [-0.4, -0.2) is 73.0 Å². The minimum Gasteiger partial charge on any atom is -0.370 e. The molecule has 7 nitrogen and oxygen atoms in total. The van der Waals surface area contributed by atoms with E-state index in [9.17, 15) is 14.4 Å². The maximum atomic E-state index is 12.9. The summed E-state index contributed by atoms with van der Waals surface area (Å²) in [6.45, 7) is 4.47. The number of benzene rings is 2. The molecule has 2 heterocycles. The Hall–Kier alpha value is -3.19. The van der Waals surface area contributed by atoms with Gasteiger partial charge in [-0.2, -0.15) is 0 Å². The average Bonchev–Trinajstić information content (AvgIpc) is 3.23. The van der Waals surface area contributed by atoms with E-state index in [1.54, 1.807) is 9.80 Å². The topological polar surface area (TPSA) is 79.0 Å². The van der Waals surface area contributed by atoms with Gasteiger partial charge in [-0.15, -0.1) is 0 Å². The van der Waals surface area contributed by atoms with Crippen LogP contribution in [0.3, 0.4) is 0 Å². The van der Waals surface area contributed by atoms with Crippen molar-refractivity contribution in [2.45, 2.75) is 32.2 Å². The number of piperazine rings is 1. The number of hydrogen-bond acceptors (Lipinski definition) is 4. The zero-order chi connectivity index (χ0) is 23.2. The zero-order valence-corrected chi connectivity index (χ0v) is 19.1. The first-order valence-corrected chi connectivity index (χ1v) is 11.6. The molecule has 0 aliphatic carbocycles. The van der Waals surface area contributed by atoms with Gasteiger partial charge >= 0.3 is 0 Å². The number of carbonyl (C=O) groups excluding carboxylic acids is 3. The largest absolute Gasteiger partial charge is 0.370 e. The molecule has 0 aromatic heterocycles. The molecule has 7 heteroatoms. The number of rotatable bonds is 8. The normalized spacial score (nSPS) is 18.5. The summed E-state index contributed by atoms with van der Waals surface area (Å²) in [5, 5.41) is 2.88. The van der Waals surface area contributed by atoms with Crippen LogP contribution >= 0.6 is 0 Å².